The summed E-state index contributed by atoms with van der Waals surface area (Å²) < 4.78 is 1.52. The van der Waals surface area contributed by atoms with Crippen LogP contribution in [-0.4, -0.2) is 27.5 Å². The summed E-state index contributed by atoms with van der Waals surface area (Å²) in [5.74, 6) is 1.10. The highest BCUT2D eigenvalue weighted by molar-refractivity contribution is 6.32. The molecule has 5 nitrogen and oxygen atoms in total. The van der Waals surface area contributed by atoms with Gasteiger partial charge in [-0.15, -0.1) is 0 Å². The SMILES string of the molecule is O=c1c(NCC2CCC(O)CC2)c(Cl)cnn1CC1CC1. The molecular formula is C15H22ClN3O2. The van der Waals surface area contributed by atoms with E-state index in [1.807, 2.05) is 0 Å². The van der Waals surface area contributed by atoms with Crippen LogP contribution in [0.5, 0.6) is 0 Å². The lowest BCUT2D eigenvalue weighted by Crippen LogP contribution is -2.29. The van der Waals surface area contributed by atoms with Crippen LogP contribution in [0.3, 0.4) is 0 Å². The van der Waals surface area contributed by atoms with Crippen LogP contribution in [0.1, 0.15) is 38.5 Å². The number of hydrogen-bond acceptors (Lipinski definition) is 4. The summed E-state index contributed by atoms with van der Waals surface area (Å²) in [6.07, 6.45) is 7.46. The topological polar surface area (TPSA) is 67.2 Å². The molecule has 21 heavy (non-hydrogen) atoms. The molecule has 0 amide bonds. The number of nitrogens with zero attached hydrogens (tertiary/aromatic N) is 2. The van der Waals surface area contributed by atoms with E-state index in [0.29, 0.717) is 29.1 Å². The Balaban J connectivity index is 1.65. The van der Waals surface area contributed by atoms with Crippen LogP contribution in [0.2, 0.25) is 5.02 Å². The van der Waals surface area contributed by atoms with Gasteiger partial charge in [0.25, 0.3) is 5.56 Å². The molecule has 1 aromatic rings. The Kier molecular flexibility index (Phi) is 4.50. The van der Waals surface area contributed by atoms with E-state index in [-0.39, 0.29) is 11.7 Å². The minimum atomic E-state index is -0.151. The van der Waals surface area contributed by atoms with Crippen molar-refractivity contribution in [3.63, 3.8) is 0 Å². The lowest BCUT2D eigenvalue weighted by molar-refractivity contribution is 0.111. The molecule has 3 rings (SSSR count). The first kappa shape index (κ1) is 14.9. The van der Waals surface area contributed by atoms with Crippen molar-refractivity contribution >= 4 is 17.3 Å². The first-order valence-corrected chi connectivity index (χ1v) is 8.19. The van der Waals surface area contributed by atoms with Crippen LogP contribution < -0.4 is 10.9 Å². The summed E-state index contributed by atoms with van der Waals surface area (Å²) in [7, 11) is 0. The van der Waals surface area contributed by atoms with Gasteiger partial charge in [-0.3, -0.25) is 4.79 Å². The molecule has 116 valence electrons. The Morgan fingerprint density at radius 3 is 2.57 bits per heavy atom. The zero-order valence-electron chi connectivity index (χ0n) is 12.1. The first-order chi connectivity index (χ1) is 10.1. The molecule has 2 N–H and O–H groups in total. The molecule has 0 aliphatic heterocycles. The van der Waals surface area contributed by atoms with Gasteiger partial charge in [0.1, 0.15) is 5.69 Å². The lowest BCUT2D eigenvalue weighted by Gasteiger charge is -2.25. The Hall–Kier alpha value is -1.07. The second kappa shape index (κ2) is 6.36. The molecule has 0 atom stereocenters. The third-order valence-electron chi connectivity index (χ3n) is 4.51. The summed E-state index contributed by atoms with van der Waals surface area (Å²) in [5.41, 5.74) is 0.351. The molecule has 1 heterocycles. The molecule has 0 unspecified atom stereocenters. The molecule has 2 aliphatic carbocycles. The van der Waals surface area contributed by atoms with Gasteiger partial charge in [0.05, 0.1) is 17.3 Å². The van der Waals surface area contributed by atoms with Crippen molar-refractivity contribution in [2.45, 2.75) is 51.2 Å². The second-order valence-corrected chi connectivity index (χ2v) is 6.76. The van der Waals surface area contributed by atoms with E-state index >= 15 is 0 Å². The highest BCUT2D eigenvalue weighted by Crippen LogP contribution is 2.30. The molecule has 0 spiro atoms. The van der Waals surface area contributed by atoms with Gasteiger partial charge >= 0.3 is 0 Å². The Morgan fingerprint density at radius 1 is 1.24 bits per heavy atom. The maximum atomic E-state index is 12.4. The lowest BCUT2D eigenvalue weighted by atomic mass is 9.87. The van der Waals surface area contributed by atoms with Crippen molar-refractivity contribution in [3.8, 4) is 0 Å². The Bertz CT molecular complexity index is 548. The predicted octanol–water partition coefficient (Wildman–Crippen LogP) is 2.27. The summed E-state index contributed by atoms with van der Waals surface area (Å²) in [4.78, 5) is 12.4. The molecule has 2 saturated carbocycles. The summed E-state index contributed by atoms with van der Waals surface area (Å²) in [6, 6.07) is 0. The van der Waals surface area contributed by atoms with Crippen LogP contribution in [0.25, 0.3) is 0 Å². The molecule has 0 radical (unpaired) electrons. The minimum absolute atomic E-state index is 0.120. The number of rotatable bonds is 5. The number of nitrogens with one attached hydrogen (secondary N) is 1. The smallest absolute Gasteiger partial charge is 0.291 e. The summed E-state index contributed by atoms with van der Waals surface area (Å²) >= 11 is 6.12. The fourth-order valence-corrected chi connectivity index (χ4v) is 3.09. The number of hydrogen-bond donors (Lipinski definition) is 2. The van der Waals surface area contributed by atoms with Crippen molar-refractivity contribution < 1.29 is 5.11 Å². The average molecular weight is 312 g/mol. The van der Waals surface area contributed by atoms with Crippen LogP contribution in [0, 0.1) is 11.8 Å². The minimum Gasteiger partial charge on any atom is -0.393 e. The van der Waals surface area contributed by atoms with Gasteiger partial charge < -0.3 is 10.4 Å². The second-order valence-electron chi connectivity index (χ2n) is 6.35. The predicted molar refractivity (Wildman–Crippen MR) is 82.7 cm³/mol. The Morgan fingerprint density at radius 2 is 1.90 bits per heavy atom. The maximum absolute atomic E-state index is 12.4. The zero-order chi connectivity index (χ0) is 14.8. The standard InChI is InChI=1S/C15H22ClN3O2/c16-13-8-18-19(9-11-1-2-11)15(21)14(13)17-7-10-3-5-12(20)6-4-10/h8,10-12,17,20H,1-7,9H2. The van der Waals surface area contributed by atoms with E-state index in [1.54, 1.807) is 6.20 Å². The molecule has 0 aromatic carbocycles. The van der Waals surface area contributed by atoms with Crippen molar-refractivity contribution in [3.05, 3.63) is 21.6 Å². The van der Waals surface area contributed by atoms with Gasteiger partial charge in [0, 0.05) is 13.1 Å². The van der Waals surface area contributed by atoms with Crippen molar-refractivity contribution in [1.29, 1.82) is 0 Å². The molecule has 2 fully saturated rings. The van der Waals surface area contributed by atoms with E-state index in [2.05, 4.69) is 10.4 Å². The average Bonchev–Trinajstić information content (AvgIpc) is 3.28. The summed E-state index contributed by atoms with van der Waals surface area (Å²) in [6.45, 7) is 1.43. The number of aliphatic hydroxyl groups is 1. The van der Waals surface area contributed by atoms with Crippen molar-refractivity contribution in [2.75, 3.05) is 11.9 Å². The van der Waals surface area contributed by atoms with Crippen LogP contribution in [0.15, 0.2) is 11.0 Å². The van der Waals surface area contributed by atoms with Gasteiger partial charge in [-0.05, 0) is 50.4 Å². The number of halogens is 1. The summed E-state index contributed by atoms with van der Waals surface area (Å²) in [5, 5.41) is 17.3. The first-order valence-electron chi connectivity index (χ1n) is 7.81. The molecule has 0 bridgehead atoms. The number of aromatic nitrogens is 2. The van der Waals surface area contributed by atoms with Gasteiger partial charge in [0.2, 0.25) is 0 Å². The van der Waals surface area contributed by atoms with Gasteiger partial charge in [0.15, 0.2) is 0 Å². The van der Waals surface area contributed by atoms with E-state index in [4.69, 9.17) is 11.6 Å². The molecule has 0 saturated heterocycles. The highest BCUT2D eigenvalue weighted by atomic mass is 35.5. The maximum Gasteiger partial charge on any atom is 0.291 e. The normalized spacial score (nSPS) is 25.8. The van der Waals surface area contributed by atoms with Crippen LogP contribution >= 0.6 is 11.6 Å². The fourth-order valence-electron chi connectivity index (χ4n) is 2.90. The molecule has 2 aliphatic rings. The third kappa shape index (κ3) is 3.77. The number of anilines is 1. The van der Waals surface area contributed by atoms with Crippen LogP contribution in [-0.2, 0) is 6.54 Å². The van der Waals surface area contributed by atoms with E-state index in [0.717, 1.165) is 32.2 Å². The highest BCUT2D eigenvalue weighted by Gasteiger charge is 2.24. The van der Waals surface area contributed by atoms with E-state index in [9.17, 15) is 9.90 Å². The molecule has 6 heteroatoms. The van der Waals surface area contributed by atoms with Gasteiger partial charge in [-0.25, -0.2) is 4.68 Å². The Labute approximate surface area is 129 Å². The fraction of sp³-hybridized carbons (Fsp3) is 0.733. The largest absolute Gasteiger partial charge is 0.393 e. The van der Waals surface area contributed by atoms with E-state index in [1.165, 1.54) is 17.5 Å². The van der Waals surface area contributed by atoms with Crippen LogP contribution in [0.4, 0.5) is 5.69 Å². The number of aliphatic hydroxyl groups excluding tert-OH is 1. The van der Waals surface area contributed by atoms with Crippen molar-refractivity contribution in [2.24, 2.45) is 11.8 Å². The zero-order valence-corrected chi connectivity index (χ0v) is 12.9. The molecule has 1 aromatic heterocycles. The van der Waals surface area contributed by atoms with E-state index < -0.39 is 0 Å². The quantitative estimate of drug-likeness (QED) is 0.875. The van der Waals surface area contributed by atoms with Gasteiger partial charge in [-0.2, -0.15) is 5.10 Å². The van der Waals surface area contributed by atoms with Gasteiger partial charge in [-0.1, -0.05) is 11.6 Å². The van der Waals surface area contributed by atoms with Crippen molar-refractivity contribution in [1.82, 2.24) is 9.78 Å². The monoisotopic (exact) mass is 311 g/mol. The molecular weight excluding hydrogens is 290 g/mol. The third-order valence-corrected chi connectivity index (χ3v) is 4.80.